The molecule has 2 rings (SSSR count). The molecule has 0 saturated carbocycles. The van der Waals surface area contributed by atoms with Crippen molar-refractivity contribution < 1.29 is 9.53 Å². The summed E-state index contributed by atoms with van der Waals surface area (Å²) >= 11 is 1.73. The quantitative estimate of drug-likeness (QED) is 0.857. The number of hydrogen-bond donors (Lipinski definition) is 1. The average molecular weight is 261 g/mol. The molecule has 0 saturated heterocycles. The van der Waals surface area contributed by atoms with Crippen LogP contribution < -0.4 is 5.32 Å². The smallest absolute Gasteiger partial charge is 0.337 e. The molecule has 2 aromatic rings. The van der Waals surface area contributed by atoms with Gasteiger partial charge in [0.15, 0.2) is 0 Å². The van der Waals surface area contributed by atoms with Crippen molar-refractivity contribution in [3.63, 3.8) is 0 Å². The van der Waals surface area contributed by atoms with Crippen molar-refractivity contribution >= 4 is 23.0 Å². The van der Waals surface area contributed by atoms with Gasteiger partial charge >= 0.3 is 5.97 Å². The van der Waals surface area contributed by atoms with Gasteiger partial charge in [0.2, 0.25) is 0 Å². The Morgan fingerprint density at radius 3 is 2.89 bits per heavy atom. The molecule has 1 heterocycles. The van der Waals surface area contributed by atoms with Gasteiger partial charge in [0.05, 0.1) is 12.7 Å². The van der Waals surface area contributed by atoms with Crippen molar-refractivity contribution in [1.82, 2.24) is 0 Å². The van der Waals surface area contributed by atoms with E-state index in [1.165, 1.54) is 17.6 Å². The van der Waals surface area contributed by atoms with E-state index in [0.717, 1.165) is 12.2 Å². The monoisotopic (exact) mass is 261 g/mol. The van der Waals surface area contributed by atoms with Gasteiger partial charge in [-0.05, 0) is 42.1 Å². The first kappa shape index (κ1) is 12.6. The minimum atomic E-state index is -0.314. The van der Waals surface area contributed by atoms with Crippen LogP contribution in [-0.2, 0) is 11.3 Å². The zero-order valence-corrected chi connectivity index (χ0v) is 11.2. The highest BCUT2D eigenvalue weighted by Gasteiger charge is 2.05. The van der Waals surface area contributed by atoms with Crippen molar-refractivity contribution in [1.29, 1.82) is 0 Å². The summed E-state index contributed by atoms with van der Waals surface area (Å²) in [6.45, 7) is 2.87. The van der Waals surface area contributed by atoms with E-state index in [0.29, 0.717) is 5.56 Å². The highest BCUT2D eigenvalue weighted by atomic mass is 32.1. The van der Waals surface area contributed by atoms with Gasteiger partial charge in [-0.15, -0.1) is 11.3 Å². The third kappa shape index (κ3) is 2.90. The van der Waals surface area contributed by atoms with Crippen molar-refractivity contribution in [2.24, 2.45) is 0 Å². The summed E-state index contributed by atoms with van der Waals surface area (Å²) in [4.78, 5) is 12.7. The number of carbonyl (C=O) groups is 1. The van der Waals surface area contributed by atoms with E-state index in [-0.39, 0.29) is 5.97 Å². The summed E-state index contributed by atoms with van der Waals surface area (Å²) in [5.74, 6) is -0.314. The van der Waals surface area contributed by atoms with E-state index in [2.05, 4.69) is 23.7 Å². The lowest BCUT2D eigenvalue weighted by Crippen LogP contribution is -2.03. The molecule has 0 aliphatic rings. The molecule has 0 atom stereocenters. The van der Waals surface area contributed by atoms with Gasteiger partial charge in [-0.2, -0.15) is 0 Å². The number of rotatable bonds is 4. The van der Waals surface area contributed by atoms with Gasteiger partial charge < -0.3 is 10.1 Å². The molecule has 0 aliphatic carbocycles. The number of benzene rings is 1. The number of carbonyl (C=O) groups excluding carboxylic acids is 1. The van der Waals surface area contributed by atoms with Crippen molar-refractivity contribution in [2.75, 3.05) is 12.4 Å². The fraction of sp³-hybridized carbons (Fsp3) is 0.214. The summed E-state index contributed by atoms with van der Waals surface area (Å²) in [6, 6.07) is 9.43. The predicted octanol–water partition coefficient (Wildman–Crippen LogP) is 3.46. The molecule has 0 spiro atoms. The third-order valence-electron chi connectivity index (χ3n) is 2.70. The molecule has 4 heteroatoms. The fourth-order valence-electron chi connectivity index (χ4n) is 1.64. The normalized spacial score (nSPS) is 10.1. The number of thiophene rings is 1. The Balaban J connectivity index is 2.06. The maximum absolute atomic E-state index is 11.4. The number of ether oxygens (including phenoxy) is 1. The Kier molecular flexibility index (Phi) is 3.99. The SMILES string of the molecule is COC(=O)c1cccc(NCc2sccc2C)c1. The number of aryl methyl sites for hydroxylation is 1. The van der Waals surface area contributed by atoms with Crippen LogP contribution >= 0.6 is 11.3 Å². The Bertz CT molecular complexity index is 548. The summed E-state index contributed by atoms with van der Waals surface area (Å²) in [5.41, 5.74) is 2.77. The van der Waals surface area contributed by atoms with E-state index in [1.54, 1.807) is 23.5 Å². The van der Waals surface area contributed by atoms with Crippen molar-refractivity contribution in [3.8, 4) is 0 Å². The molecule has 0 fully saturated rings. The van der Waals surface area contributed by atoms with Crippen LogP contribution in [0.1, 0.15) is 20.8 Å². The molecule has 3 nitrogen and oxygen atoms in total. The molecule has 0 amide bonds. The number of esters is 1. The van der Waals surface area contributed by atoms with Crippen LogP contribution in [0.25, 0.3) is 0 Å². The molecule has 1 aromatic carbocycles. The number of anilines is 1. The lowest BCUT2D eigenvalue weighted by molar-refractivity contribution is 0.0601. The van der Waals surface area contributed by atoms with E-state index >= 15 is 0 Å². The second-order valence-corrected chi connectivity index (χ2v) is 4.95. The van der Waals surface area contributed by atoms with Crippen LogP contribution in [0.2, 0.25) is 0 Å². The Morgan fingerprint density at radius 1 is 1.39 bits per heavy atom. The second-order valence-electron chi connectivity index (χ2n) is 3.95. The Labute approximate surface area is 110 Å². The molecule has 18 heavy (non-hydrogen) atoms. The number of nitrogens with one attached hydrogen (secondary N) is 1. The van der Waals surface area contributed by atoms with Crippen LogP contribution in [-0.4, -0.2) is 13.1 Å². The summed E-state index contributed by atoms with van der Waals surface area (Å²) in [6.07, 6.45) is 0. The van der Waals surface area contributed by atoms with Gasteiger partial charge in [-0.25, -0.2) is 4.79 Å². The third-order valence-corrected chi connectivity index (χ3v) is 3.73. The Hall–Kier alpha value is -1.81. The predicted molar refractivity (Wildman–Crippen MR) is 74.2 cm³/mol. The topological polar surface area (TPSA) is 38.3 Å². The molecule has 0 unspecified atom stereocenters. The van der Waals surface area contributed by atoms with Gasteiger partial charge in [0.25, 0.3) is 0 Å². The van der Waals surface area contributed by atoms with E-state index < -0.39 is 0 Å². The minimum Gasteiger partial charge on any atom is -0.465 e. The number of methoxy groups -OCH3 is 1. The second kappa shape index (κ2) is 5.69. The molecule has 94 valence electrons. The first-order valence-corrected chi connectivity index (χ1v) is 6.54. The molecular weight excluding hydrogens is 246 g/mol. The van der Waals surface area contributed by atoms with E-state index in [1.807, 2.05) is 12.1 Å². The van der Waals surface area contributed by atoms with Gasteiger partial charge in [-0.1, -0.05) is 6.07 Å². The Morgan fingerprint density at radius 2 is 2.22 bits per heavy atom. The molecule has 0 radical (unpaired) electrons. The van der Waals surface area contributed by atoms with Crippen LogP contribution in [0.5, 0.6) is 0 Å². The lowest BCUT2D eigenvalue weighted by Gasteiger charge is -2.07. The highest BCUT2D eigenvalue weighted by Crippen LogP contribution is 2.18. The fourth-order valence-corrected chi connectivity index (χ4v) is 2.49. The summed E-state index contributed by atoms with van der Waals surface area (Å²) in [5, 5.41) is 5.39. The number of hydrogen-bond acceptors (Lipinski definition) is 4. The largest absolute Gasteiger partial charge is 0.465 e. The summed E-state index contributed by atoms with van der Waals surface area (Å²) in [7, 11) is 1.39. The maximum Gasteiger partial charge on any atom is 0.337 e. The van der Waals surface area contributed by atoms with Gasteiger partial charge in [-0.3, -0.25) is 0 Å². The standard InChI is InChI=1S/C14H15NO2S/c1-10-6-7-18-13(10)9-15-12-5-3-4-11(8-12)14(16)17-2/h3-8,15H,9H2,1-2H3. The zero-order chi connectivity index (χ0) is 13.0. The van der Waals surface area contributed by atoms with Crippen LogP contribution in [0.4, 0.5) is 5.69 Å². The molecule has 1 aromatic heterocycles. The maximum atomic E-state index is 11.4. The zero-order valence-electron chi connectivity index (χ0n) is 10.4. The van der Waals surface area contributed by atoms with Crippen LogP contribution in [0.15, 0.2) is 35.7 Å². The molecular formula is C14H15NO2S. The molecule has 0 aliphatic heterocycles. The van der Waals surface area contributed by atoms with E-state index in [4.69, 9.17) is 4.74 Å². The highest BCUT2D eigenvalue weighted by molar-refractivity contribution is 7.10. The average Bonchev–Trinajstić information content (AvgIpc) is 2.81. The molecule has 1 N–H and O–H groups in total. The minimum absolute atomic E-state index is 0.314. The summed E-state index contributed by atoms with van der Waals surface area (Å²) < 4.78 is 4.70. The van der Waals surface area contributed by atoms with E-state index in [9.17, 15) is 4.79 Å². The van der Waals surface area contributed by atoms with Crippen LogP contribution in [0, 0.1) is 6.92 Å². The molecule has 0 bridgehead atoms. The van der Waals surface area contributed by atoms with Crippen molar-refractivity contribution in [2.45, 2.75) is 13.5 Å². The van der Waals surface area contributed by atoms with Crippen molar-refractivity contribution in [3.05, 3.63) is 51.7 Å². The van der Waals surface area contributed by atoms with Gasteiger partial charge in [0, 0.05) is 17.1 Å². The van der Waals surface area contributed by atoms with Crippen LogP contribution in [0.3, 0.4) is 0 Å². The lowest BCUT2D eigenvalue weighted by atomic mass is 10.2. The first-order chi connectivity index (χ1) is 8.70. The van der Waals surface area contributed by atoms with Gasteiger partial charge in [0.1, 0.15) is 0 Å². The first-order valence-electron chi connectivity index (χ1n) is 5.66.